The summed E-state index contributed by atoms with van der Waals surface area (Å²) in [5.41, 5.74) is 0.0104. The fourth-order valence-corrected chi connectivity index (χ4v) is 1.85. The molecular formula is C11H10F2N2O3. The molecule has 18 heavy (non-hydrogen) atoms. The lowest BCUT2D eigenvalue weighted by molar-refractivity contribution is -0.137. The van der Waals surface area contributed by atoms with Crippen molar-refractivity contribution in [2.75, 3.05) is 13.1 Å². The summed E-state index contributed by atoms with van der Waals surface area (Å²) in [7, 11) is 0. The molecule has 2 N–H and O–H groups in total. The minimum Gasteiger partial charge on any atom is -0.480 e. The summed E-state index contributed by atoms with van der Waals surface area (Å²) in [6.45, 7) is -0.481. The number of carbonyl (C=O) groups excluding carboxylic acids is 1. The highest BCUT2D eigenvalue weighted by Gasteiger charge is 2.32. The molecule has 2 amide bonds. The molecule has 1 saturated heterocycles. The van der Waals surface area contributed by atoms with Crippen LogP contribution in [0.1, 0.15) is 11.6 Å². The van der Waals surface area contributed by atoms with Crippen molar-refractivity contribution in [2.45, 2.75) is 6.04 Å². The lowest BCUT2D eigenvalue weighted by Crippen LogP contribution is -2.32. The zero-order chi connectivity index (χ0) is 13.3. The van der Waals surface area contributed by atoms with E-state index in [1.54, 1.807) is 0 Å². The van der Waals surface area contributed by atoms with Crippen LogP contribution in [0.5, 0.6) is 0 Å². The van der Waals surface area contributed by atoms with Crippen molar-refractivity contribution in [3.05, 3.63) is 35.4 Å². The van der Waals surface area contributed by atoms with E-state index in [1.807, 2.05) is 0 Å². The number of halogens is 2. The third kappa shape index (κ3) is 2.39. The van der Waals surface area contributed by atoms with Crippen molar-refractivity contribution < 1.29 is 23.5 Å². The van der Waals surface area contributed by atoms with Crippen molar-refractivity contribution >= 4 is 12.0 Å². The van der Waals surface area contributed by atoms with Crippen LogP contribution in [0.2, 0.25) is 0 Å². The maximum absolute atomic E-state index is 13.5. The molecule has 1 aromatic carbocycles. The molecule has 2 rings (SSSR count). The largest absolute Gasteiger partial charge is 0.480 e. The topological polar surface area (TPSA) is 69.6 Å². The lowest BCUT2D eigenvalue weighted by atomic mass is 10.1. The van der Waals surface area contributed by atoms with Crippen LogP contribution in [0.25, 0.3) is 0 Å². The lowest BCUT2D eigenvalue weighted by Gasteiger charge is -2.12. The van der Waals surface area contributed by atoms with E-state index in [9.17, 15) is 18.4 Å². The van der Waals surface area contributed by atoms with Gasteiger partial charge in [0.2, 0.25) is 0 Å². The summed E-state index contributed by atoms with van der Waals surface area (Å²) >= 11 is 0. The number of nitrogens with one attached hydrogen (secondary N) is 1. The summed E-state index contributed by atoms with van der Waals surface area (Å²) in [5.74, 6) is -2.42. The molecule has 1 aliphatic heterocycles. The fourth-order valence-electron chi connectivity index (χ4n) is 1.85. The Morgan fingerprint density at radius 2 is 2.22 bits per heavy atom. The molecule has 7 heteroatoms. The van der Waals surface area contributed by atoms with Gasteiger partial charge >= 0.3 is 12.0 Å². The number of nitrogens with zero attached hydrogens (tertiary/aromatic N) is 1. The number of hydrogen-bond acceptors (Lipinski definition) is 2. The van der Waals surface area contributed by atoms with Crippen LogP contribution in [0, 0.1) is 11.6 Å². The molecule has 0 spiro atoms. The molecule has 0 aliphatic carbocycles. The number of carboxylic acid groups (broad SMARTS) is 1. The van der Waals surface area contributed by atoms with E-state index in [4.69, 9.17) is 5.11 Å². The zero-order valence-corrected chi connectivity index (χ0v) is 9.19. The van der Waals surface area contributed by atoms with Gasteiger partial charge in [0.15, 0.2) is 0 Å². The predicted octanol–water partition coefficient (Wildman–Crippen LogP) is 1.12. The number of benzene rings is 1. The molecule has 96 valence electrons. The van der Waals surface area contributed by atoms with Crippen molar-refractivity contribution in [3.8, 4) is 0 Å². The van der Waals surface area contributed by atoms with Crippen LogP contribution in [0.4, 0.5) is 13.6 Å². The van der Waals surface area contributed by atoms with Crippen molar-refractivity contribution in [2.24, 2.45) is 0 Å². The van der Waals surface area contributed by atoms with E-state index < -0.39 is 36.2 Å². The van der Waals surface area contributed by atoms with E-state index in [-0.39, 0.29) is 12.1 Å². The molecule has 1 heterocycles. The maximum Gasteiger partial charge on any atom is 0.323 e. The summed E-state index contributed by atoms with van der Waals surface area (Å²) in [6.07, 6.45) is 0. The fraction of sp³-hybridized carbons (Fsp3) is 0.273. The molecule has 1 aliphatic rings. The highest BCUT2D eigenvalue weighted by Crippen LogP contribution is 2.23. The maximum atomic E-state index is 13.5. The molecule has 1 fully saturated rings. The molecule has 0 saturated carbocycles. The number of hydrogen-bond donors (Lipinski definition) is 2. The van der Waals surface area contributed by atoms with Crippen LogP contribution in [-0.2, 0) is 4.79 Å². The molecule has 1 unspecified atom stereocenters. The third-order valence-electron chi connectivity index (χ3n) is 2.65. The van der Waals surface area contributed by atoms with E-state index in [2.05, 4.69) is 5.32 Å². The van der Waals surface area contributed by atoms with Gasteiger partial charge in [-0.3, -0.25) is 4.79 Å². The summed E-state index contributed by atoms with van der Waals surface area (Å²) < 4.78 is 26.5. The first kappa shape index (κ1) is 12.3. The predicted molar refractivity (Wildman–Crippen MR) is 56.8 cm³/mol. The Labute approximate surface area is 101 Å². The van der Waals surface area contributed by atoms with E-state index in [0.717, 1.165) is 23.1 Å². The number of carboxylic acids is 1. The second-order valence-electron chi connectivity index (χ2n) is 3.94. The van der Waals surface area contributed by atoms with E-state index in [0.29, 0.717) is 0 Å². The van der Waals surface area contributed by atoms with Crippen LogP contribution in [0.3, 0.4) is 0 Å². The average Bonchev–Trinajstić information content (AvgIpc) is 2.63. The average molecular weight is 256 g/mol. The van der Waals surface area contributed by atoms with Crippen LogP contribution in [-0.4, -0.2) is 35.1 Å². The number of rotatable bonds is 3. The number of urea groups is 1. The normalized spacial score (nSPS) is 18.9. The Hall–Kier alpha value is -2.18. The van der Waals surface area contributed by atoms with Gasteiger partial charge in [0.1, 0.15) is 18.2 Å². The van der Waals surface area contributed by atoms with Gasteiger partial charge in [0, 0.05) is 12.1 Å². The SMILES string of the molecule is O=C(O)CN1CC(c2cc(F)ccc2F)NC1=O. The van der Waals surface area contributed by atoms with Gasteiger partial charge in [-0.05, 0) is 18.2 Å². The Morgan fingerprint density at radius 1 is 1.50 bits per heavy atom. The molecule has 0 bridgehead atoms. The van der Waals surface area contributed by atoms with Crippen molar-refractivity contribution in [3.63, 3.8) is 0 Å². The second kappa shape index (κ2) is 4.59. The van der Waals surface area contributed by atoms with Crippen molar-refractivity contribution in [1.29, 1.82) is 0 Å². The summed E-state index contributed by atoms with van der Waals surface area (Å²) in [6, 6.07) is 1.59. The summed E-state index contributed by atoms with van der Waals surface area (Å²) in [5, 5.41) is 11.0. The van der Waals surface area contributed by atoms with Gasteiger partial charge in [-0.25, -0.2) is 13.6 Å². The second-order valence-corrected chi connectivity index (χ2v) is 3.94. The summed E-state index contributed by atoms with van der Waals surface area (Å²) in [4.78, 5) is 23.0. The van der Waals surface area contributed by atoms with Gasteiger partial charge in [0.05, 0.1) is 6.04 Å². The molecular weight excluding hydrogens is 246 g/mol. The van der Waals surface area contributed by atoms with Gasteiger partial charge in [0.25, 0.3) is 0 Å². The minimum absolute atomic E-state index is 0.00843. The Kier molecular flexibility index (Phi) is 3.14. The number of aliphatic carboxylic acids is 1. The highest BCUT2D eigenvalue weighted by atomic mass is 19.1. The monoisotopic (exact) mass is 256 g/mol. The minimum atomic E-state index is -1.16. The first-order valence-corrected chi connectivity index (χ1v) is 5.19. The van der Waals surface area contributed by atoms with Gasteiger partial charge in [-0.15, -0.1) is 0 Å². The van der Waals surface area contributed by atoms with Crippen LogP contribution < -0.4 is 5.32 Å². The smallest absolute Gasteiger partial charge is 0.323 e. The zero-order valence-electron chi connectivity index (χ0n) is 9.19. The first-order valence-electron chi connectivity index (χ1n) is 5.19. The molecule has 0 radical (unpaired) electrons. The Morgan fingerprint density at radius 3 is 2.89 bits per heavy atom. The first-order chi connectivity index (χ1) is 8.47. The Bertz CT molecular complexity index is 507. The number of carbonyl (C=O) groups is 2. The van der Waals surface area contributed by atoms with Gasteiger partial charge in [-0.1, -0.05) is 0 Å². The van der Waals surface area contributed by atoms with E-state index >= 15 is 0 Å². The van der Waals surface area contributed by atoms with Gasteiger partial charge in [-0.2, -0.15) is 0 Å². The standard InChI is InChI=1S/C11H10F2N2O3/c12-6-1-2-8(13)7(3-6)9-4-15(5-10(16)17)11(18)14-9/h1-3,9H,4-5H2,(H,14,18)(H,16,17). The molecule has 0 aromatic heterocycles. The van der Waals surface area contributed by atoms with Gasteiger partial charge < -0.3 is 15.3 Å². The highest BCUT2D eigenvalue weighted by molar-refractivity contribution is 5.82. The Balaban J connectivity index is 2.19. The van der Waals surface area contributed by atoms with Crippen molar-refractivity contribution in [1.82, 2.24) is 10.2 Å². The van der Waals surface area contributed by atoms with Crippen LogP contribution in [0.15, 0.2) is 18.2 Å². The quantitative estimate of drug-likeness (QED) is 0.851. The molecule has 5 nitrogen and oxygen atoms in total. The van der Waals surface area contributed by atoms with E-state index in [1.165, 1.54) is 0 Å². The number of amides is 2. The van der Waals surface area contributed by atoms with Crippen LogP contribution >= 0.6 is 0 Å². The molecule has 1 aromatic rings. The third-order valence-corrected chi connectivity index (χ3v) is 2.65. The molecule has 1 atom stereocenters.